The lowest BCUT2D eigenvalue weighted by atomic mass is 9.93. The van der Waals surface area contributed by atoms with E-state index in [9.17, 15) is 14.4 Å². The summed E-state index contributed by atoms with van der Waals surface area (Å²) >= 11 is 0. The number of anilines is 2. The van der Waals surface area contributed by atoms with Crippen molar-refractivity contribution in [1.29, 1.82) is 0 Å². The van der Waals surface area contributed by atoms with E-state index in [1.165, 1.54) is 4.57 Å². The molecule has 41 heavy (non-hydrogen) atoms. The van der Waals surface area contributed by atoms with Gasteiger partial charge in [0.05, 0.1) is 7.11 Å². The Kier molecular flexibility index (Phi) is 9.07. The van der Waals surface area contributed by atoms with Gasteiger partial charge < -0.3 is 21.1 Å². The van der Waals surface area contributed by atoms with Crippen LogP contribution >= 0.6 is 0 Å². The zero-order valence-corrected chi connectivity index (χ0v) is 24.2. The average molecular weight is 556 g/mol. The second-order valence-electron chi connectivity index (χ2n) is 10.6. The van der Waals surface area contributed by atoms with Crippen molar-refractivity contribution in [1.82, 2.24) is 9.55 Å². The van der Waals surface area contributed by atoms with Gasteiger partial charge in [0, 0.05) is 35.8 Å². The molecule has 2 heterocycles. The normalized spacial score (nSPS) is 11.2. The quantitative estimate of drug-likeness (QED) is 0.214. The largest absolute Gasteiger partial charge is 0.497 e. The minimum atomic E-state index is -0.534. The molecule has 0 saturated heterocycles. The van der Waals surface area contributed by atoms with E-state index >= 15 is 0 Å². The first-order valence-electron chi connectivity index (χ1n) is 13.8. The number of nitrogens with two attached hydrogens (primary N) is 1. The molecular formula is C32H37N5O4. The molecule has 214 valence electrons. The van der Waals surface area contributed by atoms with E-state index < -0.39 is 17.5 Å². The summed E-state index contributed by atoms with van der Waals surface area (Å²) in [5.74, 6) is 0.495. The highest BCUT2D eigenvalue weighted by Crippen LogP contribution is 2.36. The lowest BCUT2D eigenvalue weighted by Crippen LogP contribution is -2.30. The maximum atomic E-state index is 14.1. The van der Waals surface area contributed by atoms with Crippen molar-refractivity contribution >= 4 is 34.3 Å². The third kappa shape index (κ3) is 6.40. The van der Waals surface area contributed by atoms with Gasteiger partial charge in [0.25, 0.3) is 5.56 Å². The number of nitrogens with zero attached hydrogens (tertiary/aromatic N) is 2. The van der Waals surface area contributed by atoms with Gasteiger partial charge in [-0.25, -0.2) is 9.78 Å². The highest BCUT2D eigenvalue weighted by molar-refractivity contribution is 6.07. The number of carbonyl (C=O) groups excluding carboxylic acids is 2. The number of ether oxygens (including phenoxy) is 1. The summed E-state index contributed by atoms with van der Waals surface area (Å²) in [6.07, 6.45) is 2.08. The summed E-state index contributed by atoms with van der Waals surface area (Å²) in [5.41, 5.74) is 9.42. The van der Waals surface area contributed by atoms with E-state index in [4.69, 9.17) is 10.5 Å². The monoisotopic (exact) mass is 555 g/mol. The second kappa shape index (κ2) is 12.7. The Balaban J connectivity index is 1.89. The summed E-state index contributed by atoms with van der Waals surface area (Å²) in [6.45, 7) is 8.50. The van der Waals surface area contributed by atoms with Crippen LogP contribution in [-0.2, 0) is 11.3 Å². The molecule has 2 aromatic heterocycles. The molecule has 0 aliphatic heterocycles. The fraction of sp³-hybridized carbons (Fsp3) is 0.312. The number of rotatable bonds is 10. The number of hydrogen-bond acceptors (Lipinski definition) is 5. The molecule has 3 amide bonds. The average Bonchev–Trinajstić information content (AvgIpc) is 2.94. The van der Waals surface area contributed by atoms with Crippen LogP contribution in [0.15, 0.2) is 65.6 Å². The van der Waals surface area contributed by atoms with Gasteiger partial charge in [-0.15, -0.1) is 0 Å². The highest BCUT2D eigenvalue weighted by Gasteiger charge is 2.23. The third-order valence-electron chi connectivity index (χ3n) is 7.03. The van der Waals surface area contributed by atoms with E-state index in [0.29, 0.717) is 34.3 Å². The van der Waals surface area contributed by atoms with Gasteiger partial charge in [-0.05, 0) is 59.2 Å². The van der Waals surface area contributed by atoms with Crippen LogP contribution in [0.1, 0.15) is 63.5 Å². The van der Waals surface area contributed by atoms with Crippen molar-refractivity contribution in [3.8, 4) is 16.9 Å². The van der Waals surface area contributed by atoms with E-state index in [-0.39, 0.29) is 30.5 Å². The van der Waals surface area contributed by atoms with Crippen molar-refractivity contribution < 1.29 is 14.3 Å². The number of primary amides is 1. The second-order valence-corrected chi connectivity index (χ2v) is 10.6. The number of pyridine rings is 2. The number of hydrogen-bond donors (Lipinski definition) is 3. The van der Waals surface area contributed by atoms with Gasteiger partial charge in [0.15, 0.2) is 0 Å². The van der Waals surface area contributed by atoms with Crippen molar-refractivity contribution in [2.45, 2.75) is 58.9 Å². The third-order valence-corrected chi connectivity index (χ3v) is 7.03. The molecule has 4 rings (SSSR count). The van der Waals surface area contributed by atoms with Crippen molar-refractivity contribution in [3.05, 3.63) is 82.3 Å². The first kappa shape index (κ1) is 29.3. The summed E-state index contributed by atoms with van der Waals surface area (Å²) in [6, 6.07) is 16.4. The predicted octanol–water partition coefficient (Wildman–Crippen LogP) is 6.23. The summed E-state index contributed by atoms with van der Waals surface area (Å²) in [7, 11) is 1.57. The van der Waals surface area contributed by atoms with Gasteiger partial charge >= 0.3 is 6.03 Å². The topological polar surface area (TPSA) is 128 Å². The molecule has 4 N–H and O–H groups in total. The maximum Gasteiger partial charge on any atom is 0.323 e. The molecule has 9 heteroatoms. The molecule has 0 radical (unpaired) electrons. The molecule has 0 aliphatic carbocycles. The van der Waals surface area contributed by atoms with Crippen LogP contribution in [0.5, 0.6) is 5.75 Å². The molecule has 0 bridgehead atoms. The van der Waals surface area contributed by atoms with E-state index in [0.717, 1.165) is 16.8 Å². The van der Waals surface area contributed by atoms with Crippen molar-refractivity contribution in [2.24, 2.45) is 5.73 Å². The Hall–Kier alpha value is -4.66. The first-order chi connectivity index (χ1) is 19.6. The summed E-state index contributed by atoms with van der Waals surface area (Å²) in [5, 5.41) is 6.60. The Morgan fingerprint density at radius 3 is 2.24 bits per heavy atom. The Labute approximate surface area is 239 Å². The Bertz CT molecular complexity index is 1620. The molecule has 2 aromatic carbocycles. The minimum Gasteiger partial charge on any atom is -0.497 e. The minimum absolute atomic E-state index is 0.100. The van der Waals surface area contributed by atoms with Gasteiger partial charge in [-0.2, -0.15) is 0 Å². The lowest BCUT2D eigenvalue weighted by Gasteiger charge is -2.22. The molecule has 0 atom stereocenters. The number of para-hydroxylation sites is 1. The summed E-state index contributed by atoms with van der Waals surface area (Å²) in [4.78, 5) is 43.7. The molecule has 9 nitrogen and oxygen atoms in total. The standard InChI is InChI=1S/C32H37N5O4/c1-19(2)23-12-7-13-24(20(3)4)28(23)35-32(40)36-29-27(21-10-6-11-22(18-21)41-5)25-14-8-16-34-30(25)37(31(29)39)17-9-15-26(33)38/h6-8,10-14,16,18-20H,9,15,17H2,1-5H3,(H2,33,38)(H2,35,36,40). The number of carbonyl (C=O) groups is 2. The lowest BCUT2D eigenvalue weighted by molar-refractivity contribution is -0.118. The Morgan fingerprint density at radius 1 is 0.951 bits per heavy atom. The van der Waals surface area contributed by atoms with Gasteiger partial charge in [0.1, 0.15) is 17.1 Å². The zero-order valence-electron chi connectivity index (χ0n) is 24.2. The number of methoxy groups -OCH3 is 1. The zero-order chi connectivity index (χ0) is 29.7. The van der Waals surface area contributed by atoms with Crippen molar-refractivity contribution in [2.75, 3.05) is 17.7 Å². The molecule has 0 aliphatic rings. The van der Waals surface area contributed by atoms with E-state index in [1.807, 2.05) is 48.5 Å². The number of fused-ring (bicyclic) bond motifs is 1. The number of nitrogens with one attached hydrogen (secondary N) is 2. The molecule has 0 saturated carbocycles. The SMILES string of the molecule is COc1cccc(-c2c(NC(=O)Nc3c(C(C)C)cccc3C(C)C)c(=O)n(CCCC(N)=O)c3ncccc23)c1. The first-order valence-corrected chi connectivity index (χ1v) is 13.8. The molecule has 0 unspecified atom stereocenters. The van der Waals surface area contributed by atoms with E-state index in [2.05, 4.69) is 43.3 Å². The number of urea groups is 1. The van der Waals surface area contributed by atoms with Crippen molar-refractivity contribution in [3.63, 3.8) is 0 Å². The molecule has 0 spiro atoms. The predicted molar refractivity (Wildman–Crippen MR) is 164 cm³/mol. The van der Waals surface area contributed by atoms with Crippen LogP contribution in [0.3, 0.4) is 0 Å². The van der Waals surface area contributed by atoms with Crippen LogP contribution in [0.4, 0.5) is 16.2 Å². The van der Waals surface area contributed by atoms with Gasteiger partial charge in [0.2, 0.25) is 5.91 Å². The van der Waals surface area contributed by atoms with Gasteiger partial charge in [-0.3, -0.25) is 14.2 Å². The number of benzene rings is 2. The highest BCUT2D eigenvalue weighted by atomic mass is 16.5. The van der Waals surface area contributed by atoms with Crippen LogP contribution in [0.25, 0.3) is 22.2 Å². The van der Waals surface area contributed by atoms with Crippen LogP contribution in [0.2, 0.25) is 0 Å². The number of aromatic nitrogens is 2. The Morgan fingerprint density at radius 2 is 1.61 bits per heavy atom. The van der Waals surface area contributed by atoms with Crippen LogP contribution in [-0.4, -0.2) is 28.6 Å². The molecule has 0 fully saturated rings. The fourth-order valence-corrected chi connectivity index (χ4v) is 5.05. The fourth-order valence-electron chi connectivity index (χ4n) is 5.05. The maximum absolute atomic E-state index is 14.1. The smallest absolute Gasteiger partial charge is 0.323 e. The molecular weight excluding hydrogens is 518 g/mol. The van der Waals surface area contributed by atoms with Gasteiger partial charge in [-0.1, -0.05) is 58.0 Å². The number of amides is 3. The summed E-state index contributed by atoms with van der Waals surface area (Å²) < 4.78 is 6.93. The van der Waals surface area contributed by atoms with Crippen LogP contribution in [0, 0.1) is 0 Å². The van der Waals surface area contributed by atoms with Crippen LogP contribution < -0.4 is 26.7 Å². The van der Waals surface area contributed by atoms with E-state index in [1.54, 1.807) is 19.4 Å². The molecule has 4 aromatic rings. The number of aryl methyl sites for hydroxylation is 1.